The van der Waals surface area contributed by atoms with Gasteiger partial charge in [-0.05, 0) is 24.3 Å². The standard InChI is InChI=1S/C11H13NO/c12-11(13)10(9-6-7-9)8-4-2-1-3-5-8/h1-5,9-10H,6-7H2,(H2,12,13). The van der Waals surface area contributed by atoms with Gasteiger partial charge < -0.3 is 5.73 Å². The van der Waals surface area contributed by atoms with Gasteiger partial charge in [0.25, 0.3) is 0 Å². The predicted octanol–water partition coefficient (Wildman–Crippen LogP) is 1.67. The molecule has 1 aliphatic rings. The summed E-state index contributed by atoms with van der Waals surface area (Å²) < 4.78 is 0. The molecule has 1 unspecified atom stereocenters. The van der Waals surface area contributed by atoms with E-state index in [0.29, 0.717) is 5.92 Å². The summed E-state index contributed by atoms with van der Waals surface area (Å²) in [6.45, 7) is 0. The highest BCUT2D eigenvalue weighted by atomic mass is 16.1. The van der Waals surface area contributed by atoms with Crippen molar-refractivity contribution < 1.29 is 4.79 Å². The normalized spacial score (nSPS) is 18.2. The second-order valence-corrected chi connectivity index (χ2v) is 3.63. The third-order valence-electron chi connectivity index (χ3n) is 2.56. The smallest absolute Gasteiger partial charge is 0.225 e. The van der Waals surface area contributed by atoms with Crippen LogP contribution in [0.15, 0.2) is 30.3 Å². The van der Waals surface area contributed by atoms with Crippen molar-refractivity contribution in [2.24, 2.45) is 11.7 Å². The minimum absolute atomic E-state index is 0.0544. The minimum Gasteiger partial charge on any atom is -0.369 e. The van der Waals surface area contributed by atoms with E-state index in [1.165, 1.54) is 0 Å². The first-order valence-electron chi connectivity index (χ1n) is 4.63. The van der Waals surface area contributed by atoms with Crippen LogP contribution in [0.25, 0.3) is 0 Å². The minimum atomic E-state index is -0.186. The lowest BCUT2D eigenvalue weighted by atomic mass is 9.94. The molecule has 1 fully saturated rings. The third-order valence-corrected chi connectivity index (χ3v) is 2.56. The lowest BCUT2D eigenvalue weighted by Gasteiger charge is -2.11. The fourth-order valence-corrected chi connectivity index (χ4v) is 1.76. The molecule has 2 nitrogen and oxygen atoms in total. The van der Waals surface area contributed by atoms with E-state index in [-0.39, 0.29) is 11.8 Å². The third kappa shape index (κ3) is 1.72. The second-order valence-electron chi connectivity index (χ2n) is 3.63. The summed E-state index contributed by atoms with van der Waals surface area (Å²) in [7, 11) is 0. The monoisotopic (exact) mass is 175 g/mol. The molecule has 0 aliphatic heterocycles. The van der Waals surface area contributed by atoms with Gasteiger partial charge in [-0.1, -0.05) is 30.3 Å². The fourth-order valence-electron chi connectivity index (χ4n) is 1.76. The summed E-state index contributed by atoms with van der Waals surface area (Å²) in [5.41, 5.74) is 6.44. The van der Waals surface area contributed by atoms with E-state index in [4.69, 9.17) is 5.73 Å². The van der Waals surface area contributed by atoms with Crippen LogP contribution >= 0.6 is 0 Å². The number of carbonyl (C=O) groups is 1. The molecule has 1 aromatic rings. The van der Waals surface area contributed by atoms with E-state index in [1.807, 2.05) is 30.3 Å². The maximum atomic E-state index is 11.2. The van der Waals surface area contributed by atoms with E-state index in [2.05, 4.69) is 0 Å². The molecule has 0 bridgehead atoms. The molecule has 2 heteroatoms. The summed E-state index contributed by atoms with van der Waals surface area (Å²) in [6, 6.07) is 9.82. The topological polar surface area (TPSA) is 43.1 Å². The maximum absolute atomic E-state index is 11.2. The van der Waals surface area contributed by atoms with Gasteiger partial charge in [0.05, 0.1) is 5.92 Å². The largest absolute Gasteiger partial charge is 0.369 e. The Bertz CT molecular complexity index is 303. The number of primary amides is 1. The molecule has 0 saturated heterocycles. The Kier molecular flexibility index (Phi) is 2.05. The van der Waals surface area contributed by atoms with Crippen molar-refractivity contribution in [3.63, 3.8) is 0 Å². The molecule has 1 amide bonds. The average Bonchev–Trinajstić information content (AvgIpc) is 2.90. The molecule has 1 atom stereocenters. The van der Waals surface area contributed by atoms with Crippen molar-refractivity contribution in [2.45, 2.75) is 18.8 Å². The van der Waals surface area contributed by atoms with Gasteiger partial charge in [-0.25, -0.2) is 0 Å². The Hall–Kier alpha value is -1.31. The molecule has 2 N–H and O–H groups in total. The molecule has 1 aliphatic carbocycles. The van der Waals surface area contributed by atoms with Crippen molar-refractivity contribution >= 4 is 5.91 Å². The van der Waals surface area contributed by atoms with E-state index in [9.17, 15) is 4.79 Å². The molecule has 1 aromatic carbocycles. The zero-order chi connectivity index (χ0) is 9.26. The summed E-state index contributed by atoms with van der Waals surface area (Å²) in [5.74, 6) is 0.259. The summed E-state index contributed by atoms with van der Waals surface area (Å²) in [5, 5.41) is 0. The van der Waals surface area contributed by atoms with Crippen LogP contribution in [0, 0.1) is 5.92 Å². The molecule has 0 heterocycles. The lowest BCUT2D eigenvalue weighted by molar-refractivity contribution is -0.119. The number of hydrogen-bond acceptors (Lipinski definition) is 1. The van der Waals surface area contributed by atoms with Gasteiger partial charge in [0.2, 0.25) is 5.91 Å². The van der Waals surface area contributed by atoms with Crippen molar-refractivity contribution in [3.8, 4) is 0 Å². The summed E-state index contributed by atoms with van der Waals surface area (Å²) in [6.07, 6.45) is 2.28. The van der Waals surface area contributed by atoms with Crippen LogP contribution in [0.2, 0.25) is 0 Å². The maximum Gasteiger partial charge on any atom is 0.225 e. The number of benzene rings is 1. The van der Waals surface area contributed by atoms with E-state index < -0.39 is 0 Å². The van der Waals surface area contributed by atoms with Crippen LogP contribution < -0.4 is 5.73 Å². The highest BCUT2D eigenvalue weighted by molar-refractivity contribution is 5.82. The van der Waals surface area contributed by atoms with Crippen molar-refractivity contribution in [3.05, 3.63) is 35.9 Å². The number of nitrogens with two attached hydrogens (primary N) is 1. The predicted molar refractivity (Wildman–Crippen MR) is 51.1 cm³/mol. The van der Waals surface area contributed by atoms with E-state index in [0.717, 1.165) is 18.4 Å². The van der Waals surface area contributed by atoms with Gasteiger partial charge in [0.1, 0.15) is 0 Å². The van der Waals surface area contributed by atoms with E-state index >= 15 is 0 Å². The highest BCUT2D eigenvalue weighted by Crippen LogP contribution is 2.42. The number of carbonyl (C=O) groups excluding carboxylic acids is 1. The summed E-state index contributed by atoms with van der Waals surface area (Å²) >= 11 is 0. The quantitative estimate of drug-likeness (QED) is 0.746. The van der Waals surface area contributed by atoms with Crippen LogP contribution in [0.1, 0.15) is 24.3 Å². The molecular formula is C11H13NO. The molecule has 68 valence electrons. The first-order valence-corrected chi connectivity index (χ1v) is 4.63. The molecule has 2 rings (SSSR count). The fraction of sp³-hybridized carbons (Fsp3) is 0.364. The van der Waals surface area contributed by atoms with Crippen molar-refractivity contribution in [1.29, 1.82) is 0 Å². The molecule has 0 aromatic heterocycles. The van der Waals surface area contributed by atoms with Crippen LogP contribution in [-0.4, -0.2) is 5.91 Å². The number of rotatable bonds is 3. The zero-order valence-corrected chi connectivity index (χ0v) is 7.44. The number of amides is 1. The Morgan fingerprint density at radius 1 is 1.31 bits per heavy atom. The van der Waals surface area contributed by atoms with E-state index in [1.54, 1.807) is 0 Å². The molecule has 0 radical (unpaired) electrons. The summed E-state index contributed by atoms with van der Waals surface area (Å²) in [4.78, 5) is 11.2. The zero-order valence-electron chi connectivity index (χ0n) is 7.44. The van der Waals surface area contributed by atoms with Gasteiger partial charge >= 0.3 is 0 Å². The van der Waals surface area contributed by atoms with Gasteiger partial charge in [0.15, 0.2) is 0 Å². The molecule has 0 spiro atoms. The Morgan fingerprint density at radius 2 is 1.92 bits per heavy atom. The first kappa shape index (κ1) is 8.30. The van der Waals surface area contributed by atoms with Crippen LogP contribution in [-0.2, 0) is 4.79 Å². The average molecular weight is 175 g/mol. The van der Waals surface area contributed by atoms with Crippen LogP contribution in [0.3, 0.4) is 0 Å². The Balaban J connectivity index is 2.25. The second kappa shape index (κ2) is 3.21. The SMILES string of the molecule is NC(=O)C(c1ccccc1)C1CC1. The van der Waals surface area contributed by atoms with Gasteiger partial charge in [0, 0.05) is 0 Å². The first-order chi connectivity index (χ1) is 6.29. The van der Waals surface area contributed by atoms with Crippen molar-refractivity contribution in [1.82, 2.24) is 0 Å². The number of hydrogen-bond donors (Lipinski definition) is 1. The van der Waals surface area contributed by atoms with Gasteiger partial charge in [-0.3, -0.25) is 4.79 Å². The Morgan fingerprint density at radius 3 is 2.38 bits per heavy atom. The molecular weight excluding hydrogens is 162 g/mol. The van der Waals surface area contributed by atoms with Crippen LogP contribution in [0.5, 0.6) is 0 Å². The highest BCUT2D eigenvalue weighted by Gasteiger charge is 2.35. The molecule has 1 saturated carbocycles. The Labute approximate surface area is 77.8 Å². The van der Waals surface area contributed by atoms with Crippen LogP contribution in [0.4, 0.5) is 0 Å². The van der Waals surface area contributed by atoms with Gasteiger partial charge in [-0.15, -0.1) is 0 Å². The van der Waals surface area contributed by atoms with Gasteiger partial charge in [-0.2, -0.15) is 0 Å². The lowest BCUT2D eigenvalue weighted by Crippen LogP contribution is -2.22. The van der Waals surface area contributed by atoms with Crippen molar-refractivity contribution in [2.75, 3.05) is 0 Å². The molecule has 13 heavy (non-hydrogen) atoms.